The average Bonchev–Trinajstić information content (AvgIpc) is 2.68. The third kappa shape index (κ3) is 4.96. The molecule has 0 aliphatic carbocycles. The molecule has 1 heterocycles. The van der Waals surface area contributed by atoms with E-state index in [1.807, 2.05) is 30.3 Å². The van der Waals surface area contributed by atoms with Gasteiger partial charge in [0, 0.05) is 11.1 Å². The first kappa shape index (κ1) is 20.9. The van der Waals surface area contributed by atoms with E-state index < -0.39 is 22.8 Å². The fourth-order valence-electron chi connectivity index (χ4n) is 2.98. The Morgan fingerprint density at radius 1 is 0.964 bits per heavy atom. The van der Waals surface area contributed by atoms with Crippen LogP contribution >= 0.6 is 11.8 Å². The van der Waals surface area contributed by atoms with Gasteiger partial charge in [0.25, 0.3) is 0 Å². The van der Waals surface area contributed by atoms with Crippen LogP contribution in [0.5, 0.6) is 0 Å². The molecule has 0 N–H and O–H groups in total. The lowest BCUT2D eigenvalue weighted by atomic mass is 9.99. The van der Waals surface area contributed by atoms with Crippen LogP contribution < -0.4 is 0 Å². The molecule has 28 heavy (non-hydrogen) atoms. The SMILES string of the molecule is CC(C)(S[C@H]1CO[C@H](c2ccccc2)OC1)C(=O)c1ccc(C(F)(F)F)cc1. The van der Waals surface area contributed by atoms with Gasteiger partial charge in [0.1, 0.15) is 0 Å². The molecular weight excluding hydrogens is 389 g/mol. The van der Waals surface area contributed by atoms with E-state index in [0.29, 0.717) is 13.2 Å². The summed E-state index contributed by atoms with van der Waals surface area (Å²) in [5.74, 6) is -0.226. The predicted molar refractivity (Wildman–Crippen MR) is 102 cm³/mol. The quantitative estimate of drug-likeness (QED) is 0.609. The van der Waals surface area contributed by atoms with E-state index in [-0.39, 0.29) is 16.6 Å². The predicted octanol–water partition coefficient (Wildman–Crippen LogP) is 5.51. The summed E-state index contributed by atoms with van der Waals surface area (Å²) < 4.78 is 48.8. The fourth-order valence-corrected chi connectivity index (χ4v) is 4.34. The van der Waals surface area contributed by atoms with Crippen LogP contribution in [0.15, 0.2) is 54.6 Å². The highest BCUT2D eigenvalue weighted by atomic mass is 32.2. The third-order valence-electron chi connectivity index (χ3n) is 4.42. The highest BCUT2D eigenvalue weighted by molar-refractivity contribution is 8.02. The average molecular weight is 410 g/mol. The molecule has 0 saturated carbocycles. The number of carbonyl (C=O) groups excluding carboxylic acids is 1. The van der Waals surface area contributed by atoms with Crippen molar-refractivity contribution in [1.29, 1.82) is 0 Å². The van der Waals surface area contributed by atoms with Crippen LogP contribution in [-0.2, 0) is 15.7 Å². The Balaban J connectivity index is 1.60. The van der Waals surface area contributed by atoms with Gasteiger partial charge >= 0.3 is 6.18 Å². The lowest BCUT2D eigenvalue weighted by Crippen LogP contribution is -2.36. The van der Waals surface area contributed by atoms with E-state index in [0.717, 1.165) is 17.7 Å². The number of ether oxygens (including phenoxy) is 2. The fraction of sp³-hybridized carbons (Fsp3) is 0.381. The Morgan fingerprint density at radius 2 is 1.54 bits per heavy atom. The number of hydrogen-bond acceptors (Lipinski definition) is 4. The van der Waals surface area contributed by atoms with Crippen molar-refractivity contribution in [3.8, 4) is 0 Å². The molecule has 0 spiro atoms. The van der Waals surface area contributed by atoms with E-state index in [2.05, 4.69) is 0 Å². The minimum atomic E-state index is -4.42. The maximum atomic E-state index is 12.8. The number of carbonyl (C=O) groups is 1. The molecule has 150 valence electrons. The maximum Gasteiger partial charge on any atom is 0.416 e. The Labute approximate surface area is 166 Å². The van der Waals surface area contributed by atoms with Gasteiger partial charge in [0.05, 0.1) is 28.8 Å². The van der Waals surface area contributed by atoms with Gasteiger partial charge in [-0.15, -0.1) is 11.8 Å². The second-order valence-corrected chi connectivity index (χ2v) is 8.99. The van der Waals surface area contributed by atoms with Crippen LogP contribution in [-0.4, -0.2) is 29.0 Å². The first-order valence-corrected chi connectivity index (χ1v) is 9.73. The topological polar surface area (TPSA) is 35.5 Å². The minimum absolute atomic E-state index is 0.0478. The standard InChI is InChI=1S/C21H21F3O3S/c1-20(2,18(25)14-8-10-16(11-9-14)21(22,23)24)28-17-12-26-19(27-13-17)15-6-4-3-5-7-15/h3-11,17,19H,12-13H2,1-2H3/t17-,19-. The van der Waals surface area contributed by atoms with Crippen LogP contribution in [0.3, 0.4) is 0 Å². The molecule has 1 aliphatic heterocycles. The van der Waals surface area contributed by atoms with Crippen molar-refractivity contribution < 1.29 is 27.4 Å². The Bertz CT molecular complexity index is 796. The molecule has 2 aromatic carbocycles. The number of alkyl halides is 3. The summed E-state index contributed by atoms with van der Waals surface area (Å²) in [4.78, 5) is 12.8. The summed E-state index contributed by atoms with van der Waals surface area (Å²) in [5, 5.41) is -0.0478. The smallest absolute Gasteiger partial charge is 0.347 e. The minimum Gasteiger partial charge on any atom is -0.347 e. The normalized spacial score (nSPS) is 20.8. The zero-order valence-electron chi connectivity index (χ0n) is 15.5. The third-order valence-corrected chi connectivity index (χ3v) is 5.80. The highest BCUT2D eigenvalue weighted by Crippen LogP contribution is 2.37. The van der Waals surface area contributed by atoms with Crippen molar-refractivity contribution >= 4 is 17.5 Å². The Kier molecular flexibility index (Phi) is 6.17. The zero-order chi connectivity index (χ0) is 20.4. The molecule has 0 amide bonds. The molecule has 0 unspecified atom stereocenters. The molecule has 0 bridgehead atoms. The van der Waals surface area contributed by atoms with E-state index in [1.54, 1.807) is 13.8 Å². The van der Waals surface area contributed by atoms with Crippen molar-refractivity contribution in [1.82, 2.24) is 0 Å². The van der Waals surface area contributed by atoms with Gasteiger partial charge in [0.15, 0.2) is 12.1 Å². The Morgan fingerprint density at radius 3 is 2.07 bits per heavy atom. The molecule has 1 fully saturated rings. The molecule has 3 nitrogen and oxygen atoms in total. The number of hydrogen-bond donors (Lipinski definition) is 0. The summed E-state index contributed by atoms with van der Waals surface area (Å²) in [6.07, 6.45) is -4.84. The van der Waals surface area contributed by atoms with Crippen molar-refractivity contribution in [2.75, 3.05) is 13.2 Å². The number of rotatable bonds is 5. The lowest BCUT2D eigenvalue weighted by Gasteiger charge is -2.33. The number of halogens is 3. The largest absolute Gasteiger partial charge is 0.416 e. The molecular formula is C21H21F3O3S. The van der Waals surface area contributed by atoms with Crippen molar-refractivity contribution in [2.45, 2.75) is 36.3 Å². The molecule has 3 rings (SSSR count). The zero-order valence-corrected chi connectivity index (χ0v) is 16.3. The Hall–Kier alpha value is -1.83. The van der Waals surface area contributed by atoms with Gasteiger partial charge in [-0.05, 0) is 26.0 Å². The van der Waals surface area contributed by atoms with E-state index in [4.69, 9.17) is 9.47 Å². The van der Waals surface area contributed by atoms with E-state index in [9.17, 15) is 18.0 Å². The second-order valence-electron chi connectivity index (χ2n) is 7.06. The van der Waals surface area contributed by atoms with Crippen LogP contribution in [0.25, 0.3) is 0 Å². The molecule has 1 aliphatic rings. The van der Waals surface area contributed by atoms with E-state index in [1.165, 1.54) is 23.9 Å². The van der Waals surface area contributed by atoms with Crippen LogP contribution in [0.1, 0.15) is 41.6 Å². The molecule has 1 saturated heterocycles. The van der Waals surface area contributed by atoms with Crippen molar-refractivity contribution in [3.05, 3.63) is 71.3 Å². The highest BCUT2D eigenvalue weighted by Gasteiger charge is 2.36. The van der Waals surface area contributed by atoms with Crippen molar-refractivity contribution in [3.63, 3.8) is 0 Å². The molecule has 7 heteroatoms. The van der Waals surface area contributed by atoms with Crippen LogP contribution in [0.4, 0.5) is 13.2 Å². The molecule has 0 radical (unpaired) electrons. The van der Waals surface area contributed by atoms with Crippen LogP contribution in [0, 0.1) is 0 Å². The summed E-state index contributed by atoms with van der Waals surface area (Å²) >= 11 is 1.41. The van der Waals surface area contributed by atoms with Gasteiger partial charge in [-0.1, -0.05) is 42.5 Å². The first-order chi connectivity index (χ1) is 13.2. The van der Waals surface area contributed by atoms with Gasteiger partial charge in [-0.3, -0.25) is 4.79 Å². The van der Waals surface area contributed by atoms with Gasteiger partial charge in [-0.2, -0.15) is 13.2 Å². The maximum absolute atomic E-state index is 12.8. The monoisotopic (exact) mass is 410 g/mol. The first-order valence-electron chi connectivity index (χ1n) is 8.85. The van der Waals surface area contributed by atoms with Gasteiger partial charge < -0.3 is 9.47 Å². The molecule has 2 aromatic rings. The summed E-state index contributed by atoms with van der Waals surface area (Å²) in [7, 11) is 0. The second kappa shape index (κ2) is 8.27. The lowest BCUT2D eigenvalue weighted by molar-refractivity contribution is -0.179. The number of benzene rings is 2. The summed E-state index contributed by atoms with van der Waals surface area (Å²) in [5.41, 5.74) is 0.423. The van der Waals surface area contributed by atoms with Gasteiger partial charge in [-0.25, -0.2) is 0 Å². The van der Waals surface area contributed by atoms with Crippen LogP contribution in [0.2, 0.25) is 0 Å². The molecule has 0 atom stereocenters. The molecule has 0 aromatic heterocycles. The number of thioether (sulfide) groups is 1. The van der Waals surface area contributed by atoms with E-state index >= 15 is 0 Å². The number of ketones is 1. The summed E-state index contributed by atoms with van der Waals surface area (Å²) in [6.45, 7) is 4.38. The van der Waals surface area contributed by atoms with Gasteiger partial charge in [0.2, 0.25) is 0 Å². The van der Waals surface area contributed by atoms with Crippen molar-refractivity contribution in [2.24, 2.45) is 0 Å². The summed E-state index contributed by atoms with van der Waals surface area (Å²) in [6, 6.07) is 13.9. The number of Topliss-reactive ketones (excluding diaryl/α,β-unsaturated/α-hetero) is 1.